The summed E-state index contributed by atoms with van der Waals surface area (Å²) in [6, 6.07) is 0. The molecule has 0 aliphatic heterocycles. The van der Waals surface area contributed by atoms with Crippen LogP contribution in [0.4, 0.5) is 0 Å². The first-order valence-electron chi connectivity index (χ1n) is 2.59. The van der Waals surface area contributed by atoms with E-state index in [-0.39, 0.29) is 6.10 Å². The van der Waals surface area contributed by atoms with Crippen molar-refractivity contribution in [2.24, 2.45) is 5.73 Å². The van der Waals surface area contributed by atoms with Gasteiger partial charge in [0.1, 0.15) is 6.29 Å². The van der Waals surface area contributed by atoms with Gasteiger partial charge in [0.25, 0.3) is 0 Å². The largest absolute Gasteiger partial charge is 0.393 e. The number of aldehydes is 1. The lowest BCUT2D eigenvalue weighted by atomic mass is 9.76. The second-order valence-corrected chi connectivity index (χ2v) is 2.41. The van der Waals surface area contributed by atoms with Gasteiger partial charge in [0.05, 0.1) is 11.6 Å². The summed E-state index contributed by atoms with van der Waals surface area (Å²) in [5, 5.41) is 8.68. The fourth-order valence-corrected chi connectivity index (χ4v) is 0.914. The Morgan fingerprint density at radius 2 is 2.25 bits per heavy atom. The maximum Gasteiger partial charge on any atom is 0.140 e. The molecule has 1 fully saturated rings. The standard InChI is InChI=1S/C5H9NO2/c6-5(3-7)1-4(8)2-5/h3-4,8H,1-2,6H2. The van der Waals surface area contributed by atoms with Crippen molar-refractivity contribution in [1.29, 1.82) is 0 Å². The van der Waals surface area contributed by atoms with Gasteiger partial charge < -0.3 is 15.6 Å². The highest BCUT2D eigenvalue weighted by Crippen LogP contribution is 2.26. The lowest BCUT2D eigenvalue weighted by Crippen LogP contribution is -2.55. The van der Waals surface area contributed by atoms with Crippen molar-refractivity contribution in [2.75, 3.05) is 0 Å². The SMILES string of the molecule is NC1(C=O)CC(O)C1. The van der Waals surface area contributed by atoms with Crippen molar-refractivity contribution in [3.63, 3.8) is 0 Å². The average molecular weight is 115 g/mol. The van der Waals surface area contributed by atoms with Crippen LogP contribution in [-0.4, -0.2) is 23.0 Å². The lowest BCUT2D eigenvalue weighted by molar-refractivity contribution is -0.119. The van der Waals surface area contributed by atoms with Crippen LogP contribution in [0.3, 0.4) is 0 Å². The van der Waals surface area contributed by atoms with Crippen LogP contribution in [0.5, 0.6) is 0 Å². The number of carbonyl (C=O) groups excluding carboxylic acids is 1. The molecule has 0 amide bonds. The Morgan fingerprint density at radius 3 is 2.38 bits per heavy atom. The summed E-state index contributed by atoms with van der Waals surface area (Å²) in [5.74, 6) is 0. The molecule has 0 radical (unpaired) electrons. The van der Waals surface area contributed by atoms with Gasteiger partial charge in [-0.25, -0.2) is 0 Å². The predicted octanol–water partition coefficient (Wildman–Crippen LogP) is -0.963. The number of carbonyl (C=O) groups is 1. The molecular weight excluding hydrogens is 106 g/mol. The molecule has 1 rings (SSSR count). The molecule has 46 valence electrons. The zero-order valence-electron chi connectivity index (χ0n) is 4.50. The molecular formula is C5H9NO2. The fourth-order valence-electron chi connectivity index (χ4n) is 0.914. The first-order valence-corrected chi connectivity index (χ1v) is 2.59. The zero-order chi connectivity index (χ0) is 6.20. The first-order chi connectivity index (χ1) is 3.66. The van der Waals surface area contributed by atoms with E-state index >= 15 is 0 Å². The number of nitrogens with two attached hydrogens (primary N) is 1. The van der Waals surface area contributed by atoms with Gasteiger partial charge in [-0.05, 0) is 12.8 Å². The minimum Gasteiger partial charge on any atom is -0.393 e. The Kier molecular flexibility index (Phi) is 1.10. The van der Waals surface area contributed by atoms with Crippen LogP contribution in [0.2, 0.25) is 0 Å². The lowest BCUT2D eigenvalue weighted by Gasteiger charge is -2.36. The molecule has 0 bridgehead atoms. The van der Waals surface area contributed by atoms with Gasteiger partial charge in [-0.15, -0.1) is 0 Å². The maximum absolute atomic E-state index is 10.0. The molecule has 0 saturated heterocycles. The molecule has 1 aliphatic carbocycles. The molecule has 0 aromatic rings. The molecule has 1 saturated carbocycles. The van der Waals surface area contributed by atoms with E-state index < -0.39 is 5.54 Å². The number of rotatable bonds is 1. The van der Waals surface area contributed by atoms with Crippen LogP contribution < -0.4 is 5.73 Å². The number of hydrogen-bond donors (Lipinski definition) is 2. The van der Waals surface area contributed by atoms with Gasteiger partial charge in [-0.3, -0.25) is 0 Å². The first kappa shape index (κ1) is 5.72. The van der Waals surface area contributed by atoms with Gasteiger partial charge >= 0.3 is 0 Å². The Morgan fingerprint density at radius 1 is 1.75 bits per heavy atom. The van der Waals surface area contributed by atoms with Gasteiger partial charge in [0, 0.05) is 0 Å². The van der Waals surface area contributed by atoms with Crippen LogP contribution in [0.15, 0.2) is 0 Å². The second-order valence-electron chi connectivity index (χ2n) is 2.41. The van der Waals surface area contributed by atoms with E-state index in [1.165, 1.54) is 0 Å². The molecule has 0 atom stereocenters. The Labute approximate surface area is 47.5 Å². The van der Waals surface area contributed by atoms with Crippen LogP contribution in [0.1, 0.15) is 12.8 Å². The summed E-state index contributed by atoms with van der Waals surface area (Å²) < 4.78 is 0. The highest BCUT2D eigenvalue weighted by atomic mass is 16.3. The Bertz CT molecular complexity index is 107. The maximum atomic E-state index is 10.0. The number of aliphatic hydroxyl groups excluding tert-OH is 1. The van der Waals surface area contributed by atoms with E-state index in [2.05, 4.69) is 0 Å². The van der Waals surface area contributed by atoms with E-state index in [0.717, 1.165) is 0 Å². The van der Waals surface area contributed by atoms with Crippen LogP contribution in [-0.2, 0) is 4.79 Å². The van der Waals surface area contributed by atoms with Gasteiger partial charge in [-0.1, -0.05) is 0 Å². The van der Waals surface area contributed by atoms with Crippen molar-refractivity contribution in [3.05, 3.63) is 0 Å². The van der Waals surface area contributed by atoms with Crippen molar-refractivity contribution in [3.8, 4) is 0 Å². The second kappa shape index (κ2) is 1.53. The fraction of sp³-hybridized carbons (Fsp3) is 0.800. The predicted molar refractivity (Wildman–Crippen MR) is 28.2 cm³/mol. The highest BCUT2D eigenvalue weighted by molar-refractivity contribution is 5.65. The van der Waals surface area contributed by atoms with Crippen LogP contribution >= 0.6 is 0 Å². The monoisotopic (exact) mass is 115 g/mol. The summed E-state index contributed by atoms with van der Waals surface area (Å²) in [4.78, 5) is 10.0. The van der Waals surface area contributed by atoms with Crippen LogP contribution in [0.25, 0.3) is 0 Å². The average Bonchev–Trinajstić information content (AvgIpc) is 1.63. The quantitative estimate of drug-likeness (QED) is 0.432. The minimum absolute atomic E-state index is 0.342. The van der Waals surface area contributed by atoms with Gasteiger partial charge in [0.15, 0.2) is 0 Å². The van der Waals surface area contributed by atoms with E-state index in [4.69, 9.17) is 10.8 Å². The van der Waals surface area contributed by atoms with Gasteiger partial charge in [-0.2, -0.15) is 0 Å². The molecule has 3 nitrogen and oxygen atoms in total. The molecule has 0 unspecified atom stereocenters. The van der Waals surface area contributed by atoms with Crippen LogP contribution in [0, 0.1) is 0 Å². The third-order valence-corrected chi connectivity index (χ3v) is 1.47. The summed E-state index contributed by atoms with van der Waals surface area (Å²) in [5.41, 5.74) is 4.67. The zero-order valence-corrected chi connectivity index (χ0v) is 4.50. The van der Waals surface area contributed by atoms with Gasteiger partial charge in [0.2, 0.25) is 0 Å². The summed E-state index contributed by atoms with van der Waals surface area (Å²) in [6.07, 6.45) is 1.22. The minimum atomic E-state index is -0.695. The molecule has 0 aromatic carbocycles. The third-order valence-electron chi connectivity index (χ3n) is 1.47. The van der Waals surface area contributed by atoms with Crippen molar-refractivity contribution in [1.82, 2.24) is 0 Å². The smallest absolute Gasteiger partial charge is 0.140 e. The molecule has 0 spiro atoms. The summed E-state index contributed by atoms with van der Waals surface area (Å²) >= 11 is 0. The number of hydrogen-bond acceptors (Lipinski definition) is 3. The molecule has 8 heavy (non-hydrogen) atoms. The van der Waals surface area contributed by atoms with E-state index in [9.17, 15) is 4.79 Å². The highest BCUT2D eigenvalue weighted by Gasteiger charge is 2.39. The van der Waals surface area contributed by atoms with Crippen molar-refractivity contribution < 1.29 is 9.90 Å². The topological polar surface area (TPSA) is 63.3 Å². The van der Waals surface area contributed by atoms with Crippen molar-refractivity contribution >= 4 is 6.29 Å². The molecule has 3 N–H and O–H groups in total. The Balaban J connectivity index is 2.40. The molecule has 1 aliphatic rings. The third kappa shape index (κ3) is 0.743. The van der Waals surface area contributed by atoms with Crippen molar-refractivity contribution in [2.45, 2.75) is 24.5 Å². The van der Waals surface area contributed by atoms with E-state index in [1.807, 2.05) is 0 Å². The number of aliphatic hydroxyl groups is 1. The summed E-state index contributed by atoms with van der Waals surface area (Å²) in [6.45, 7) is 0. The molecule has 3 heteroatoms. The summed E-state index contributed by atoms with van der Waals surface area (Å²) in [7, 11) is 0. The normalized spacial score (nSPS) is 45.5. The van der Waals surface area contributed by atoms with E-state index in [0.29, 0.717) is 19.1 Å². The van der Waals surface area contributed by atoms with E-state index in [1.54, 1.807) is 0 Å². The molecule has 0 aromatic heterocycles. The molecule has 0 heterocycles. The Hall–Kier alpha value is -0.410.